The normalized spacial score (nSPS) is 12.6. The van der Waals surface area contributed by atoms with Gasteiger partial charge in [0.1, 0.15) is 5.82 Å². The van der Waals surface area contributed by atoms with Crippen molar-refractivity contribution in [2.75, 3.05) is 6.54 Å². The lowest BCUT2D eigenvalue weighted by Gasteiger charge is -2.16. The van der Waals surface area contributed by atoms with Crippen molar-refractivity contribution in [1.82, 2.24) is 5.32 Å². The Morgan fingerprint density at radius 1 is 1.31 bits per heavy atom. The molecule has 1 unspecified atom stereocenters. The first-order valence-corrected chi connectivity index (χ1v) is 5.32. The van der Waals surface area contributed by atoms with Gasteiger partial charge in [0.25, 0.3) is 0 Å². The Balaban J connectivity index is 2.33. The minimum absolute atomic E-state index is 0.0144. The van der Waals surface area contributed by atoms with E-state index in [2.05, 4.69) is 5.32 Å². The number of rotatable bonds is 4. The van der Waals surface area contributed by atoms with E-state index in [0.29, 0.717) is 0 Å². The van der Waals surface area contributed by atoms with Crippen LogP contribution < -0.4 is 5.32 Å². The molecule has 0 aliphatic rings. The third kappa shape index (κ3) is 2.31. The summed E-state index contributed by atoms with van der Waals surface area (Å²) < 4.78 is 18.2. The summed E-state index contributed by atoms with van der Waals surface area (Å²) in [6.45, 7) is 2.83. The van der Waals surface area contributed by atoms with Crippen LogP contribution in [0.3, 0.4) is 0 Å². The van der Waals surface area contributed by atoms with E-state index >= 15 is 0 Å². The molecule has 84 valence electrons. The van der Waals surface area contributed by atoms with Crippen LogP contribution in [0.25, 0.3) is 0 Å². The van der Waals surface area contributed by atoms with Crippen molar-refractivity contribution >= 4 is 0 Å². The van der Waals surface area contributed by atoms with Gasteiger partial charge in [-0.05, 0) is 30.3 Å². The molecule has 0 bridgehead atoms. The van der Waals surface area contributed by atoms with E-state index < -0.39 is 0 Å². The molecule has 2 rings (SSSR count). The first-order chi connectivity index (χ1) is 7.81. The van der Waals surface area contributed by atoms with Crippen LogP contribution in [-0.4, -0.2) is 6.54 Å². The summed E-state index contributed by atoms with van der Waals surface area (Å²) in [5, 5.41) is 3.30. The van der Waals surface area contributed by atoms with Gasteiger partial charge in [-0.15, -0.1) is 0 Å². The molecule has 1 heterocycles. The molecule has 0 fully saturated rings. The monoisotopic (exact) mass is 219 g/mol. The fourth-order valence-electron chi connectivity index (χ4n) is 1.76. The van der Waals surface area contributed by atoms with E-state index in [1.807, 2.05) is 19.1 Å². The molecular weight excluding hydrogens is 205 g/mol. The Bertz CT molecular complexity index is 439. The molecule has 0 saturated heterocycles. The highest BCUT2D eigenvalue weighted by Crippen LogP contribution is 2.22. The predicted molar refractivity (Wildman–Crippen MR) is 60.6 cm³/mol. The van der Waals surface area contributed by atoms with Crippen LogP contribution in [0.2, 0.25) is 0 Å². The lowest BCUT2D eigenvalue weighted by atomic mass is 10.0. The second-order valence-corrected chi connectivity index (χ2v) is 3.60. The summed E-state index contributed by atoms with van der Waals surface area (Å²) >= 11 is 0. The first-order valence-electron chi connectivity index (χ1n) is 5.32. The van der Waals surface area contributed by atoms with E-state index in [1.165, 1.54) is 6.07 Å². The molecule has 0 spiro atoms. The highest BCUT2D eigenvalue weighted by molar-refractivity contribution is 5.29. The Hall–Kier alpha value is -1.61. The van der Waals surface area contributed by atoms with Gasteiger partial charge >= 0.3 is 0 Å². The summed E-state index contributed by atoms with van der Waals surface area (Å²) in [4.78, 5) is 0. The Morgan fingerprint density at radius 2 is 2.19 bits per heavy atom. The molecule has 1 aromatic carbocycles. The Labute approximate surface area is 94.1 Å². The minimum atomic E-state index is -0.219. The topological polar surface area (TPSA) is 25.2 Å². The highest BCUT2D eigenvalue weighted by Gasteiger charge is 2.14. The molecule has 0 aliphatic carbocycles. The van der Waals surface area contributed by atoms with Crippen LogP contribution in [0.1, 0.15) is 24.1 Å². The molecule has 0 amide bonds. The molecule has 2 nitrogen and oxygen atoms in total. The van der Waals surface area contributed by atoms with Crippen LogP contribution >= 0.6 is 0 Å². The SMILES string of the molecule is CCNC(c1ccoc1)c1cccc(F)c1. The van der Waals surface area contributed by atoms with Crippen LogP contribution in [0.4, 0.5) is 4.39 Å². The van der Waals surface area contributed by atoms with Crippen LogP contribution in [-0.2, 0) is 0 Å². The van der Waals surface area contributed by atoms with Crippen molar-refractivity contribution < 1.29 is 8.81 Å². The number of hydrogen-bond acceptors (Lipinski definition) is 2. The molecule has 1 N–H and O–H groups in total. The van der Waals surface area contributed by atoms with Gasteiger partial charge < -0.3 is 9.73 Å². The number of hydrogen-bond donors (Lipinski definition) is 1. The second kappa shape index (κ2) is 4.94. The van der Waals surface area contributed by atoms with E-state index in [9.17, 15) is 4.39 Å². The van der Waals surface area contributed by atoms with Crippen molar-refractivity contribution in [2.24, 2.45) is 0 Å². The maximum Gasteiger partial charge on any atom is 0.123 e. The third-order valence-corrected chi connectivity index (χ3v) is 2.47. The first kappa shape index (κ1) is 10.9. The van der Waals surface area contributed by atoms with Crippen molar-refractivity contribution in [1.29, 1.82) is 0 Å². The van der Waals surface area contributed by atoms with Gasteiger partial charge in [0.15, 0.2) is 0 Å². The van der Waals surface area contributed by atoms with Gasteiger partial charge in [-0.1, -0.05) is 19.1 Å². The predicted octanol–water partition coefficient (Wildman–Crippen LogP) is 3.12. The summed E-state index contributed by atoms with van der Waals surface area (Å²) in [7, 11) is 0. The fraction of sp³-hybridized carbons (Fsp3) is 0.231. The molecule has 1 atom stereocenters. The van der Waals surface area contributed by atoms with Crippen molar-refractivity contribution in [3.63, 3.8) is 0 Å². The summed E-state index contributed by atoms with van der Waals surface area (Å²) in [6.07, 6.45) is 3.30. The molecule has 3 heteroatoms. The van der Waals surface area contributed by atoms with Crippen molar-refractivity contribution in [3.8, 4) is 0 Å². The Kier molecular flexibility index (Phi) is 3.37. The molecule has 0 saturated carbocycles. The van der Waals surface area contributed by atoms with E-state index in [1.54, 1.807) is 24.7 Å². The number of nitrogens with one attached hydrogen (secondary N) is 1. The van der Waals surface area contributed by atoms with Crippen LogP contribution in [0.15, 0.2) is 47.3 Å². The van der Waals surface area contributed by atoms with Crippen LogP contribution in [0.5, 0.6) is 0 Å². The number of benzene rings is 1. The molecule has 0 aliphatic heterocycles. The molecule has 16 heavy (non-hydrogen) atoms. The number of furan rings is 1. The van der Waals surface area contributed by atoms with Gasteiger partial charge in [0, 0.05) is 5.56 Å². The summed E-state index contributed by atoms with van der Waals surface area (Å²) in [5.74, 6) is -0.219. The number of halogens is 1. The highest BCUT2D eigenvalue weighted by atomic mass is 19.1. The van der Waals surface area contributed by atoms with Crippen molar-refractivity contribution in [2.45, 2.75) is 13.0 Å². The summed E-state index contributed by atoms with van der Waals surface area (Å²) in [5.41, 5.74) is 1.91. The zero-order valence-corrected chi connectivity index (χ0v) is 9.11. The lowest BCUT2D eigenvalue weighted by molar-refractivity contribution is 0.551. The molecule has 2 aromatic rings. The second-order valence-electron chi connectivity index (χ2n) is 3.60. The Morgan fingerprint density at radius 3 is 2.81 bits per heavy atom. The van der Waals surface area contributed by atoms with E-state index in [-0.39, 0.29) is 11.9 Å². The average molecular weight is 219 g/mol. The molecular formula is C13H14FNO. The van der Waals surface area contributed by atoms with E-state index in [0.717, 1.165) is 17.7 Å². The smallest absolute Gasteiger partial charge is 0.123 e. The van der Waals surface area contributed by atoms with Crippen LogP contribution in [0, 0.1) is 5.82 Å². The maximum absolute atomic E-state index is 13.2. The van der Waals surface area contributed by atoms with Gasteiger partial charge in [-0.3, -0.25) is 0 Å². The third-order valence-electron chi connectivity index (χ3n) is 2.47. The fourth-order valence-corrected chi connectivity index (χ4v) is 1.76. The largest absolute Gasteiger partial charge is 0.472 e. The maximum atomic E-state index is 13.2. The van der Waals surface area contributed by atoms with Gasteiger partial charge in [0.2, 0.25) is 0 Å². The van der Waals surface area contributed by atoms with Gasteiger partial charge in [-0.2, -0.15) is 0 Å². The standard InChI is InChI=1S/C13H14FNO/c1-2-15-13(11-6-7-16-9-11)10-4-3-5-12(14)8-10/h3-9,13,15H,2H2,1H3. The molecule has 0 radical (unpaired) electrons. The zero-order chi connectivity index (χ0) is 11.4. The van der Waals surface area contributed by atoms with Gasteiger partial charge in [0.05, 0.1) is 18.6 Å². The molecule has 1 aromatic heterocycles. The zero-order valence-electron chi connectivity index (χ0n) is 9.11. The quantitative estimate of drug-likeness (QED) is 0.854. The minimum Gasteiger partial charge on any atom is -0.472 e. The van der Waals surface area contributed by atoms with E-state index in [4.69, 9.17) is 4.42 Å². The average Bonchev–Trinajstić information content (AvgIpc) is 2.79. The lowest BCUT2D eigenvalue weighted by Crippen LogP contribution is -2.21. The van der Waals surface area contributed by atoms with Gasteiger partial charge in [-0.25, -0.2) is 4.39 Å². The van der Waals surface area contributed by atoms with Crippen molar-refractivity contribution in [3.05, 3.63) is 59.8 Å². The summed E-state index contributed by atoms with van der Waals surface area (Å²) in [6, 6.07) is 8.48.